The number of carbonyl (C=O) groups excluding carboxylic acids is 2. The zero-order valence-corrected chi connectivity index (χ0v) is 24.0. The number of pyridine rings is 1. The Hall–Kier alpha value is -4.19. The number of rotatable bonds is 10. The normalized spacial score (nSPS) is 15.7. The van der Waals surface area contributed by atoms with Crippen molar-refractivity contribution in [2.45, 2.75) is 65.5 Å². The van der Waals surface area contributed by atoms with E-state index < -0.39 is 11.2 Å². The summed E-state index contributed by atoms with van der Waals surface area (Å²) < 4.78 is 21.6. The molecule has 1 unspecified atom stereocenters. The highest BCUT2D eigenvalue weighted by Gasteiger charge is 2.38. The molecule has 2 heterocycles. The molecule has 2 atom stereocenters. The number of carbonyl (C=O) groups is 2. The van der Waals surface area contributed by atoms with Crippen LogP contribution in [0.5, 0.6) is 5.75 Å². The van der Waals surface area contributed by atoms with E-state index >= 15 is 4.39 Å². The van der Waals surface area contributed by atoms with Gasteiger partial charge in [-0.15, -0.1) is 0 Å². The summed E-state index contributed by atoms with van der Waals surface area (Å²) in [5.74, 6) is -0.281. The first-order valence-electron chi connectivity index (χ1n) is 14.2. The maximum absolute atomic E-state index is 15.1. The van der Waals surface area contributed by atoms with Crippen LogP contribution in [-0.2, 0) is 4.79 Å². The number of nitrogens with one attached hydrogen (secondary N) is 2. The van der Waals surface area contributed by atoms with E-state index in [2.05, 4.69) is 16.4 Å². The molecule has 0 bridgehead atoms. The molecule has 9 heteroatoms. The molecule has 216 valence electrons. The van der Waals surface area contributed by atoms with E-state index in [-0.39, 0.29) is 35.1 Å². The lowest BCUT2D eigenvalue weighted by molar-refractivity contribution is -0.111. The minimum absolute atomic E-state index is 0.0179. The van der Waals surface area contributed by atoms with Crippen LogP contribution in [0.2, 0.25) is 0 Å². The second-order valence-corrected chi connectivity index (χ2v) is 11.2. The van der Waals surface area contributed by atoms with E-state index in [0.717, 1.165) is 6.29 Å². The Morgan fingerprint density at radius 1 is 1.20 bits per heavy atom. The molecule has 1 fully saturated rings. The van der Waals surface area contributed by atoms with Crippen molar-refractivity contribution in [2.75, 3.05) is 18.0 Å². The average Bonchev–Trinajstić information content (AvgIpc) is 2.98. The number of aromatic nitrogens is 1. The lowest BCUT2D eigenvalue weighted by Crippen LogP contribution is -2.51. The number of halogens is 1. The molecule has 3 aromatic rings. The summed E-state index contributed by atoms with van der Waals surface area (Å²) in [5, 5.41) is 13.2. The van der Waals surface area contributed by atoms with Crippen molar-refractivity contribution < 1.29 is 18.7 Å². The van der Waals surface area contributed by atoms with Gasteiger partial charge in [-0.3, -0.25) is 9.59 Å². The van der Waals surface area contributed by atoms with Gasteiger partial charge in [0.2, 0.25) is 5.56 Å². The Kier molecular flexibility index (Phi) is 9.11. The number of nitriles is 1. The zero-order chi connectivity index (χ0) is 29.7. The average molecular weight is 561 g/mol. The highest BCUT2D eigenvalue weighted by Crippen LogP contribution is 2.36. The fraction of sp³-hybridized carbons (Fsp3) is 0.438. The molecule has 0 spiro atoms. The number of ether oxygens (including phenoxy) is 1. The topological polar surface area (TPSA) is 115 Å². The first-order chi connectivity index (χ1) is 19.6. The lowest BCUT2D eigenvalue weighted by atomic mass is 9.76. The molecule has 0 radical (unpaired) electrons. The molecule has 0 saturated carbocycles. The van der Waals surface area contributed by atoms with E-state index in [1.54, 1.807) is 30.3 Å². The predicted molar refractivity (Wildman–Crippen MR) is 157 cm³/mol. The smallest absolute Gasteiger partial charge is 0.251 e. The largest absolute Gasteiger partial charge is 0.489 e. The number of H-pyrrole nitrogens is 1. The molecule has 1 saturated heterocycles. The van der Waals surface area contributed by atoms with E-state index in [1.165, 1.54) is 12.1 Å². The van der Waals surface area contributed by atoms with Gasteiger partial charge in [0.05, 0.1) is 16.8 Å². The monoisotopic (exact) mass is 560 g/mol. The highest BCUT2D eigenvalue weighted by molar-refractivity contribution is 5.95. The van der Waals surface area contributed by atoms with Crippen molar-refractivity contribution >= 4 is 28.8 Å². The van der Waals surface area contributed by atoms with Gasteiger partial charge < -0.3 is 24.7 Å². The molecular weight excluding hydrogens is 523 g/mol. The Morgan fingerprint density at radius 2 is 1.93 bits per heavy atom. The van der Waals surface area contributed by atoms with Gasteiger partial charge in [-0.2, -0.15) is 5.26 Å². The van der Waals surface area contributed by atoms with Crippen LogP contribution in [0.4, 0.5) is 10.1 Å². The van der Waals surface area contributed by atoms with Crippen molar-refractivity contribution in [1.29, 1.82) is 5.26 Å². The summed E-state index contributed by atoms with van der Waals surface area (Å²) in [6, 6.07) is 12.7. The first-order valence-corrected chi connectivity index (χ1v) is 14.2. The second-order valence-electron chi connectivity index (χ2n) is 11.2. The van der Waals surface area contributed by atoms with Gasteiger partial charge in [0.25, 0.3) is 5.91 Å². The number of aromatic amines is 1. The van der Waals surface area contributed by atoms with Crippen molar-refractivity contribution in [2.24, 2.45) is 11.3 Å². The third-order valence-corrected chi connectivity index (χ3v) is 8.34. The summed E-state index contributed by atoms with van der Waals surface area (Å²) in [6.45, 7) is 9.22. The van der Waals surface area contributed by atoms with E-state index in [4.69, 9.17) is 4.74 Å². The van der Waals surface area contributed by atoms with E-state index in [1.807, 2.05) is 32.6 Å². The van der Waals surface area contributed by atoms with Gasteiger partial charge in [-0.25, -0.2) is 4.39 Å². The highest BCUT2D eigenvalue weighted by atomic mass is 19.1. The van der Waals surface area contributed by atoms with Gasteiger partial charge in [0.15, 0.2) is 0 Å². The fourth-order valence-corrected chi connectivity index (χ4v) is 5.80. The number of nitrogens with zero attached hydrogens (tertiary/aromatic N) is 2. The molecule has 2 aromatic carbocycles. The molecular formula is C32H37FN4O4. The number of piperidine rings is 1. The summed E-state index contributed by atoms with van der Waals surface area (Å²) in [4.78, 5) is 40.9. The minimum atomic E-state index is -0.539. The number of hydrogen-bond acceptors (Lipinski definition) is 6. The summed E-state index contributed by atoms with van der Waals surface area (Å²) in [5.41, 5.74) is 0.597. The van der Waals surface area contributed by atoms with Crippen molar-refractivity contribution in [3.8, 4) is 11.8 Å². The lowest BCUT2D eigenvalue weighted by Gasteiger charge is -2.40. The summed E-state index contributed by atoms with van der Waals surface area (Å²) in [6.07, 6.45) is 3.27. The van der Waals surface area contributed by atoms with Crippen LogP contribution in [0.15, 0.2) is 47.3 Å². The molecule has 1 aromatic heterocycles. The molecule has 41 heavy (non-hydrogen) atoms. The Labute approximate surface area is 239 Å². The molecule has 0 aliphatic carbocycles. The van der Waals surface area contributed by atoms with E-state index in [9.17, 15) is 19.6 Å². The molecule has 1 aliphatic rings. The van der Waals surface area contributed by atoms with Crippen molar-refractivity contribution in [3.63, 3.8) is 0 Å². The number of anilines is 1. The van der Waals surface area contributed by atoms with Crippen LogP contribution in [0.25, 0.3) is 10.9 Å². The van der Waals surface area contributed by atoms with Gasteiger partial charge in [0.1, 0.15) is 30.0 Å². The minimum Gasteiger partial charge on any atom is -0.489 e. The third kappa shape index (κ3) is 6.27. The first kappa shape index (κ1) is 29.8. The number of aldehydes is 1. The van der Waals surface area contributed by atoms with Crippen LogP contribution < -0.4 is 20.5 Å². The summed E-state index contributed by atoms with van der Waals surface area (Å²) in [7, 11) is 0. The summed E-state index contributed by atoms with van der Waals surface area (Å²) >= 11 is 0. The predicted octanol–water partition coefficient (Wildman–Crippen LogP) is 5.35. The molecule has 1 aliphatic heterocycles. The third-order valence-electron chi connectivity index (χ3n) is 8.34. The number of amides is 1. The Bertz CT molecular complexity index is 1520. The van der Waals surface area contributed by atoms with Gasteiger partial charge in [0, 0.05) is 47.5 Å². The Balaban J connectivity index is 1.52. The molecule has 1 amide bonds. The number of benzene rings is 2. The number of hydrogen-bond donors (Lipinski definition) is 2. The molecule has 4 rings (SSSR count). The molecule has 8 nitrogen and oxygen atoms in total. The standard InChI is InChI=1S/C32H37FN4O4/c1-5-27(35-31(40)21-7-10-25(24(33)17-21)37-15-13-20(19-38)14-16-37)32(3,4)28(6-2)41-26-11-8-22(18-34)30-23(26)9-12-29(39)36-30/h7-12,17,19-20,27-28H,5-6,13-16H2,1-4H3,(H,35,40)(H,36,39)/t27?,28-/m0/s1. The van der Waals surface area contributed by atoms with Gasteiger partial charge in [-0.1, -0.05) is 27.7 Å². The van der Waals surface area contributed by atoms with Crippen LogP contribution in [0.1, 0.15) is 69.3 Å². The van der Waals surface area contributed by atoms with Crippen LogP contribution in [0, 0.1) is 28.5 Å². The maximum atomic E-state index is 15.1. The Morgan fingerprint density at radius 3 is 2.54 bits per heavy atom. The van der Waals surface area contributed by atoms with Crippen LogP contribution in [0.3, 0.4) is 0 Å². The van der Waals surface area contributed by atoms with Crippen molar-refractivity contribution in [1.82, 2.24) is 10.3 Å². The fourth-order valence-electron chi connectivity index (χ4n) is 5.80. The number of fused-ring (bicyclic) bond motifs is 1. The van der Waals surface area contributed by atoms with Crippen LogP contribution in [-0.4, -0.2) is 42.4 Å². The quantitative estimate of drug-likeness (QED) is 0.323. The van der Waals surface area contributed by atoms with Crippen molar-refractivity contribution in [3.05, 3.63) is 69.8 Å². The zero-order valence-electron chi connectivity index (χ0n) is 24.0. The van der Waals surface area contributed by atoms with Gasteiger partial charge in [-0.05, 0) is 62.1 Å². The maximum Gasteiger partial charge on any atom is 0.251 e. The van der Waals surface area contributed by atoms with E-state index in [0.29, 0.717) is 66.7 Å². The van der Waals surface area contributed by atoms with Crippen LogP contribution >= 0.6 is 0 Å². The molecule has 2 N–H and O–H groups in total. The second kappa shape index (κ2) is 12.5. The van der Waals surface area contributed by atoms with Gasteiger partial charge >= 0.3 is 0 Å². The SMILES string of the molecule is CCC(NC(=O)c1ccc(N2CCC(C=O)CC2)c(F)c1)C(C)(C)[C@H](CC)Oc1ccc(C#N)c2[nH]c(=O)ccc12.